The Hall–Kier alpha value is -0.930. The molecule has 1 saturated carbocycles. The van der Waals surface area contributed by atoms with E-state index in [1.165, 1.54) is 12.8 Å². The highest BCUT2D eigenvalue weighted by atomic mass is 35.5. The van der Waals surface area contributed by atoms with Crippen molar-refractivity contribution in [3.8, 4) is 0 Å². The van der Waals surface area contributed by atoms with Crippen molar-refractivity contribution in [3.05, 3.63) is 28.2 Å². The lowest BCUT2D eigenvalue weighted by molar-refractivity contribution is 0.201. The van der Waals surface area contributed by atoms with E-state index >= 15 is 0 Å². The first kappa shape index (κ1) is 15.5. The second-order valence-corrected chi connectivity index (χ2v) is 6.42. The summed E-state index contributed by atoms with van der Waals surface area (Å²) in [4.78, 5) is 12.0. The minimum atomic E-state index is -0.186. The largest absolute Gasteiger partial charge is 0.335 e. The minimum Gasteiger partial charge on any atom is -0.335 e. The molecule has 0 heterocycles. The van der Waals surface area contributed by atoms with Crippen LogP contribution in [0, 0.1) is 11.8 Å². The summed E-state index contributed by atoms with van der Waals surface area (Å²) in [5, 5.41) is 6.77. The summed E-state index contributed by atoms with van der Waals surface area (Å²) in [6.45, 7) is 4.45. The Morgan fingerprint density at radius 2 is 1.95 bits per heavy atom. The average Bonchev–Trinajstić information content (AvgIpc) is 2.39. The number of benzene rings is 1. The molecular formula is C15H20Cl2N2O. The number of carbonyl (C=O) groups excluding carboxylic acids is 1. The summed E-state index contributed by atoms with van der Waals surface area (Å²) in [5.74, 6) is 1.15. The Balaban J connectivity index is 1.93. The van der Waals surface area contributed by atoms with Crippen LogP contribution in [0.5, 0.6) is 0 Å². The van der Waals surface area contributed by atoms with E-state index in [2.05, 4.69) is 24.5 Å². The van der Waals surface area contributed by atoms with Gasteiger partial charge >= 0.3 is 6.03 Å². The van der Waals surface area contributed by atoms with E-state index < -0.39 is 0 Å². The molecule has 2 amide bonds. The number of amides is 2. The lowest BCUT2D eigenvalue weighted by atomic mass is 9.78. The highest BCUT2D eigenvalue weighted by Gasteiger charge is 2.28. The molecule has 1 fully saturated rings. The van der Waals surface area contributed by atoms with Crippen LogP contribution in [0.1, 0.15) is 33.1 Å². The van der Waals surface area contributed by atoms with Gasteiger partial charge in [-0.05, 0) is 36.5 Å². The Morgan fingerprint density at radius 1 is 1.20 bits per heavy atom. The van der Waals surface area contributed by atoms with E-state index in [9.17, 15) is 4.79 Å². The molecule has 2 N–H and O–H groups in total. The minimum absolute atomic E-state index is 0.186. The number of hydrogen-bond acceptors (Lipinski definition) is 1. The monoisotopic (exact) mass is 314 g/mol. The van der Waals surface area contributed by atoms with E-state index in [0.29, 0.717) is 27.6 Å². The highest BCUT2D eigenvalue weighted by Crippen LogP contribution is 2.29. The standard InChI is InChI=1S/C15H20Cl2N2O/c1-9-4-3-5-14(10(9)2)19-15(20)18-11-6-7-12(16)13(17)8-11/h6-10,14H,3-5H2,1-2H3,(H2,18,19,20)/t9-,10+,14+/m1/s1. The SMILES string of the molecule is C[C@H]1[C@H](C)CCC[C@@H]1NC(=O)Nc1ccc(Cl)c(Cl)c1. The third-order valence-corrected chi connectivity index (χ3v) is 4.94. The lowest BCUT2D eigenvalue weighted by Gasteiger charge is -2.34. The zero-order valence-electron chi connectivity index (χ0n) is 11.7. The topological polar surface area (TPSA) is 41.1 Å². The number of urea groups is 1. The van der Waals surface area contributed by atoms with Crippen LogP contribution in [0.2, 0.25) is 10.0 Å². The van der Waals surface area contributed by atoms with Crippen LogP contribution in [0.15, 0.2) is 18.2 Å². The molecule has 110 valence electrons. The highest BCUT2D eigenvalue weighted by molar-refractivity contribution is 6.42. The number of hydrogen-bond donors (Lipinski definition) is 2. The van der Waals surface area contributed by atoms with Gasteiger partial charge < -0.3 is 10.6 Å². The van der Waals surface area contributed by atoms with Gasteiger partial charge in [-0.15, -0.1) is 0 Å². The number of rotatable bonds is 2. The van der Waals surface area contributed by atoms with E-state index in [4.69, 9.17) is 23.2 Å². The molecule has 5 heteroatoms. The third kappa shape index (κ3) is 3.80. The Bertz CT molecular complexity index is 493. The molecule has 0 spiro atoms. The van der Waals surface area contributed by atoms with Gasteiger partial charge in [0.15, 0.2) is 0 Å². The van der Waals surface area contributed by atoms with Gasteiger partial charge in [-0.25, -0.2) is 4.79 Å². The molecule has 0 aromatic heterocycles. The van der Waals surface area contributed by atoms with Crippen LogP contribution in [-0.4, -0.2) is 12.1 Å². The van der Waals surface area contributed by atoms with Crippen molar-refractivity contribution in [2.45, 2.75) is 39.2 Å². The Morgan fingerprint density at radius 3 is 2.65 bits per heavy atom. The molecule has 0 saturated heterocycles. The second-order valence-electron chi connectivity index (χ2n) is 5.60. The molecule has 1 aliphatic rings. The maximum absolute atomic E-state index is 12.0. The number of carbonyl (C=O) groups is 1. The first-order chi connectivity index (χ1) is 9.47. The molecule has 0 bridgehead atoms. The van der Waals surface area contributed by atoms with Gasteiger partial charge in [0.1, 0.15) is 0 Å². The van der Waals surface area contributed by atoms with Crippen molar-refractivity contribution in [3.63, 3.8) is 0 Å². The molecule has 2 rings (SSSR count). The smallest absolute Gasteiger partial charge is 0.319 e. The van der Waals surface area contributed by atoms with Crippen LogP contribution < -0.4 is 10.6 Å². The normalized spacial score (nSPS) is 26.1. The lowest BCUT2D eigenvalue weighted by Crippen LogP contribution is -2.45. The molecule has 20 heavy (non-hydrogen) atoms. The molecule has 1 aliphatic carbocycles. The fourth-order valence-electron chi connectivity index (χ4n) is 2.70. The van der Waals surface area contributed by atoms with Crippen molar-refractivity contribution in [1.29, 1.82) is 0 Å². The number of nitrogens with one attached hydrogen (secondary N) is 2. The van der Waals surface area contributed by atoms with Gasteiger partial charge in [-0.3, -0.25) is 0 Å². The van der Waals surface area contributed by atoms with Crippen LogP contribution in [0.3, 0.4) is 0 Å². The van der Waals surface area contributed by atoms with Crippen LogP contribution in [0.25, 0.3) is 0 Å². The summed E-state index contributed by atoms with van der Waals surface area (Å²) < 4.78 is 0. The average molecular weight is 315 g/mol. The molecule has 0 aliphatic heterocycles. The fraction of sp³-hybridized carbons (Fsp3) is 0.533. The van der Waals surface area contributed by atoms with Gasteiger partial charge in [0.25, 0.3) is 0 Å². The van der Waals surface area contributed by atoms with E-state index in [1.807, 2.05) is 0 Å². The summed E-state index contributed by atoms with van der Waals surface area (Å²) in [6.07, 6.45) is 3.46. The van der Waals surface area contributed by atoms with Crippen molar-refractivity contribution < 1.29 is 4.79 Å². The molecular weight excluding hydrogens is 295 g/mol. The predicted molar refractivity (Wildman–Crippen MR) is 84.6 cm³/mol. The summed E-state index contributed by atoms with van der Waals surface area (Å²) in [5.41, 5.74) is 0.647. The molecule has 3 nitrogen and oxygen atoms in total. The van der Waals surface area contributed by atoms with E-state index in [-0.39, 0.29) is 12.1 Å². The molecule has 3 atom stereocenters. The zero-order valence-corrected chi connectivity index (χ0v) is 13.3. The van der Waals surface area contributed by atoms with Gasteiger partial charge in [-0.2, -0.15) is 0 Å². The van der Waals surface area contributed by atoms with Crippen molar-refractivity contribution in [2.24, 2.45) is 11.8 Å². The molecule has 0 unspecified atom stereocenters. The van der Waals surface area contributed by atoms with Crippen molar-refractivity contribution in [2.75, 3.05) is 5.32 Å². The van der Waals surface area contributed by atoms with Gasteiger partial charge in [0.05, 0.1) is 10.0 Å². The number of halogens is 2. The zero-order chi connectivity index (χ0) is 14.7. The first-order valence-corrected chi connectivity index (χ1v) is 7.75. The quantitative estimate of drug-likeness (QED) is 0.797. The van der Waals surface area contributed by atoms with Crippen LogP contribution in [-0.2, 0) is 0 Å². The summed E-state index contributed by atoms with van der Waals surface area (Å²) in [7, 11) is 0. The van der Waals surface area contributed by atoms with Gasteiger partial charge in [0, 0.05) is 11.7 Å². The molecule has 1 aromatic carbocycles. The maximum Gasteiger partial charge on any atom is 0.319 e. The van der Waals surface area contributed by atoms with Gasteiger partial charge in [0.2, 0.25) is 0 Å². The van der Waals surface area contributed by atoms with Crippen molar-refractivity contribution >= 4 is 34.9 Å². The van der Waals surface area contributed by atoms with Crippen LogP contribution >= 0.6 is 23.2 Å². The van der Waals surface area contributed by atoms with E-state index in [1.54, 1.807) is 18.2 Å². The molecule has 1 aromatic rings. The maximum atomic E-state index is 12.0. The first-order valence-electron chi connectivity index (χ1n) is 7.00. The third-order valence-electron chi connectivity index (χ3n) is 4.20. The van der Waals surface area contributed by atoms with Crippen molar-refractivity contribution in [1.82, 2.24) is 5.32 Å². The molecule has 0 radical (unpaired) electrons. The van der Waals surface area contributed by atoms with E-state index in [0.717, 1.165) is 6.42 Å². The summed E-state index contributed by atoms with van der Waals surface area (Å²) >= 11 is 11.8. The predicted octanol–water partition coefficient (Wildman–Crippen LogP) is 4.94. The number of anilines is 1. The fourth-order valence-corrected chi connectivity index (χ4v) is 2.99. The summed E-state index contributed by atoms with van der Waals surface area (Å²) in [6, 6.07) is 5.11. The Labute approximate surface area is 130 Å². The Kier molecular flexibility index (Phi) is 5.17. The van der Waals surface area contributed by atoms with Gasteiger partial charge in [-0.1, -0.05) is 49.9 Å². The second kappa shape index (κ2) is 6.68. The van der Waals surface area contributed by atoms with Crippen LogP contribution in [0.4, 0.5) is 10.5 Å².